The third-order valence-electron chi connectivity index (χ3n) is 4.37. The number of aryl methyl sites for hydroxylation is 2. The van der Waals surface area contributed by atoms with E-state index in [0.29, 0.717) is 16.9 Å². The average Bonchev–Trinajstić information content (AvgIpc) is 3.28. The first-order valence-corrected chi connectivity index (χ1v) is 9.61. The molecular formula is C21H18N4O2S. The first kappa shape index (κ1) is 17.9. The molecule has 2 aromatic heterocycles. The fourth-order valence-electron chi connectivity index (χ4n) is 2.97. The summed E-state index contributed by atoms with van der Waals surface area (Å²) in [5, 5.41) is 5.83. The monoisotopic (exact) mass is 390 g/mol. The number of H-pyrrole nitrogens is 1. The number of carbonyl (C=O) groups excluding carboxylic acids is 1. The highest BCUT2D eigenvalue weighted by Crippen LogP contribution is 2.25. The van der Waals surface area contributed by atoms with Crippen LogP contribution in [-0.2, 0) is 0 Å². The van der Waals surface area contributed by atoms with Gasteiger partial charge in [-0.2, -0.15) is 0 Å². The highest BCUT2D eigenvalue weighted by atomic mass is 32.1. The lowest BCUT2D eigenvalue weighted by atomic mass is 10.1. The number of para-hydroxylation sites is 2. The van der Waals surface area contributed by atoms with Crippen LogP contribution < -0.4 is 11.0 Å². The molecule has 4 rings (SSSR count). The predicted octanol–water partition coefficient (Wildman–Crippen LogP) is 4.16. The van der Waals surface area contributed by atoms with Gasteiger partial charge in [0.25, 0.3) is 5.91 Å². The molecule has 2 aromatic carbocycles. The summed E-state index contributed by atoms with van der Waals surface area (Å²) in [6.45, 7) is 3.78. The lowest BCUT2D eigenvalue weighted by Crippen LogP contribution is -2.19. The number of nitrogens with zero attached hydrogens (tertiary/aromatic N) is 2. The van der Waals surface area contributed by atoms with Gasteiger partial charge in [-0.3, -0.25) is 9.36 Å². The molecule has 0 atom stereocenters. The van der Waals surface area contributed by atoms with E-state index in [4.69, 9.17) is 0 Å². The van der Waals surface area contributed by atoms with Gasteiger partial charge in [0.15, 0.2) is 0 Å². The quantitative estimate of drug-likeness (QED) is 0.549. The van der Waals surface area contributed by atoms with Crippen LogP contribution in [0.4, 0.5) is 5.69 Å². The third-order valence-corrected chi connectivity index (χ3v) is 5.38. The molecule has 4 aromatic rings. The minimum absolute atomic E-state index is 0.240. The summed E-state index contributed by atoms with van der Waals surface area (Å²) >= 11 is 1.58. The molecule has 2 heterocycles. The predicted molar refractivity (Wildman–Crippen MR) is 111 cm³/mol. The van der Waals surface area contributed by atoms with Crippen molar-refractivity contribution in [3.63, 3.8) is 0 Å². The van der Waals surface area contributed by atoms with Crippen molar-refractivity contribution < 1.29 is 4.79 Å². The number of carbonyl (C=O) groups is 1. The Morgan fingerprint density at radius 3 is 2.50 bits per heavy atom. The maximum Gasteiger partial charge on any atom is 0.330 e. The molecule has 0 unspecified atom stereocenters. The normalized spacial score (nSPS) is 10.8. The second kappa shape index (κ2) is 7.28. The van der Waals surface area contributed by atoms with Gasteiger partial charge in [0, 0.05) is 34.1 Å². The summed E-state index contributed by atoms with van der Waals surface area (Å²) in [6.07, 6.45) is 1.64. The van der Waals surface area contributed by atoms with Crippen molar-refractivity contribution in [2.75, 3.05) is 5.32 Å². The van der Waals surface area contributed by atoms with Gasteiger partial charge in [-0.15, -0.1) is 11.3 Å². The van der Waals surface area contributed by atoms with Crippen LogP contribution in [0.5, 0.6) is 0 Å². The highest BCUT2D eigenvalue weighted by molar-refractivity contribution is 7.13. The zero-order valence-electron chi connectivity index (χ0n) is 15.4. The van der Waals surface area contributed by atoms with Crippen LogP contribution in [0.15, 0.2) is 64.9 Å². The molecule has 0 saturated heterocycles. The lowest BCUT2D eigenvalue weighted by Gasteiger charge is -2.12. The maximum atomic E-state index is 12.7. The van der Waals surface area contributed by atoms with Crippen LogP contribution in [0.25, 0.3) is 16.3 Å². The Morgan fingerprint density at radius 1 is 1.11 bits per heavy atom. The summed E-state index contributed by atoms with van der Waals surface area (Å²) in [6, 6.07) is 14.6. The molecule has 0 aliphatic rings. The van der Waals surface area contributed by atoms with Crippen molar-refractivity contribution in [3.05, 3.63) is 87.5 Å². The van der Waals surface area contributed by atoms with Crippen LogP contribution in [0, 0.1) is 13.8 Å². The molecule has 0 saturated carbocycles. The Kier molecular flexibility index (Phi) is 4.67. The lowest BCUT2D eigenvalue weighted by molar-refractivity contribution is 0.102. The van der Waals surface area contributed by atoms with Gasteiger partial charge in [-0.1, -0.05) is 24.3 Å². The van der Waals surface area contributed by atoms with Gasteiger partial charge in [0.1, 0.15) is 5.01 Å². The van der Waals surface area contributed by atoms with Crippen LogP contribution >= 0.6 is 11.3 Å². The van der Waals surface area contributed by atoms with Gasteiger partial charge < -0.3 is 10.3 Å². The van der Waals surface area contributed by atoms with Crippen LogP contribution in [0.1, 0.15) is 21.7 Å². The topological polar surface area (TPSA) is 79.8 Å². The summed E-state index contributed by atoms with van der Waals surface area (Å²) in [4.78, 5) is 32.0. The summed E-state index contributed by atoms with van der Waals surface area (Å²) in [5.41, 5.74) is 4.19. The second-order valence-electron chi connectivity index (χ2n) is 6.41. The Hall–Kier alpha value is -3.45. The maximum absolute atomic E-state index is 12.7. The molecule has 0 radical (unpaired) electrons. The summed E-state index contributed by atoms with van der Waals surface area (Å²) < 4.78 is 1.53. The standard InChI is InChI=1S/C21H18N4O2S/c1-13-12-28-20(23-13)16-9-7-15(8-10-16)19(26)24-17-5-3-4-6-18(17)25-14(2)11-22-21(25)27/h3-12H,1-2H3,(H,22,27)(H,24,26). The van der Waals surface area contributed by atoms with Crippen molar-refractivity contribution in [2.45, 2.75) is 13.8 Å². The van der Waals surface area contributed by atoms with E-state index in [1.807, 2.05) is 43.5 Å². The number of benzene rings is 2. The minimum Gasteiger partial charge on any atom is -0.320 e. The van der Waals surface area contributed by atoms with Crippen molar-refractivity contribution >= 4 is 22.9 Å². The first-order valence-electron chi connectivity index (χ1n) is 8.73. The van der Waals surface area contributed by atoms with Crippen molar-refractivity contribution in [2.24, 2.45) is 0 Å². The van der Waals surface area contributed by atoms with Gasteiger partial charge >= 0.3 is 5.69 Å². The Labute approximate surface area is 165 Å². The number of aromatic amines is 1. The molecule has 1 amide bonds. The molecule has 28 heavy (non-hydrogen) atoms. The second-order valence-corrected chi connectivity index (χ2v) is 7.27. The Balaban J connectivity index is 1.60. The molecule has 140 valence electrons. The molecular weight excluding hydrogens is 372 g/mol. The zero-order chi connectivity index (χ0) is 19.7. The first-order chi connectivity index (χ1) is 13.5. The molecule has 0 spiro atoms. The number of hydrogen-bond acceptors (Lipinski definition) is 4. The van der Waals surface area contributed by atoms with Gasteiger partial charge in [-0.25, -0.2) is 9.78 Å². The fraction of sp³-hybridized carbons (Fsp3) is 0.0952. The van der Waals surface area contributed by atoms with E-state index < -0.39 is 0 Å². The van der Waals surface area contributed by atoms with E-state index in [-0.39, 0.29) is 11.6 Å². The molecule has 0 bridgehead atoms. The number of anilines is 1. The summed E-state index contributed by atoms with van der Waals surface area (Å²) in [7, 11) is 0. The number of rotatable bonds is 4. The molecule has 0 fully saturated rings. The van der Waals surface area contributed by atoms with Crippen molar-refractivity contribution in [3.8, 4) is 16.3 Å². The molecule has 0 aliphatic heterocycles. The van der Waals surface area contributed by atoms with Gasteiger partial charge in [0.05, 0.1) is 11.4 Å². The van der Waals surface area contributed by atoms with Crippen LogP contribution in [0.2, 0.25) is 0 Å². The number of amides is 1. The number of hydrogen-bond donors (Lipinski definition) is 2. The van der Waals surface area contributed by atoms with E-state index in [1.54, 1.807) is 41.8 Å². The van der Waals surface area contributed by atoms with Crippen molar-refractivity contribution in [1.29, 1.82) is 0 Å². The molecule has 6 nitrogen and oxygen atoms in total. The van der Waals surface area contributed by atoms with Gasteiger partial charge in [0.2, 0.25) is 0 Å². The van der Waals surface area contributed by atoms with Gasteiger partial charge in [-0.05, 0) is 38.1 Å². The molecule has 7 heteroatoms. The zero-order valence-corrected chi connectivity index (χ0v) is 16.2. The summed E-state index contributed by atoms with van der Waals surface area (Å²) in [5.74, 6) is -0.240. The third kappa shape index (κ3) is 3.39. The molecule has 2 N–H and O–H groups in total. The van der Waals surface area contributed by atoms with E-state index >= 15 is 0 Å². The number of thiazole rings is 1. The highest BCUT2D eigenvalue weighted by Gasteiger charge is 2.13. The van der Waals surface area contributed by atoms with Crippen LogP contribution in [-0.4, -0.2) is 20.4 Å². The van der Waals surface area contributed by atoms with Crippen LogP contribution in [0.3, 0.4) is 0 Å². The number of aromatic nitrogens is 3. The Bertz CT molecular complexity index is 1200. The number of nitrogens with one attached hydrogen (secondary N) is 2. The average molecular weight is 390 g/mol. The SMILES string of the molecule is Cc1csc(-c2ccc(C(=O)Nc3ccccc3-n3c(C)c[nH]c3=O)cc2)n1. The smallest absolute Gasteiger partial charge is 0.320 e. The largest absolute Gasteiger partial charge is 0.330 e. The van der Waals surface area contributed by atoms with E-state index in [9.17, 15) is 9.59 Å². The number of imidazole rings is 1. The molecule has 0 aliphatic carbocycles. The van der Waals surface area contributed by atoms with E-state index in [1.165, 1.54) is 4.57 Å². The Morgan fingerprint density at radius 2 is 1.86 bits per heavy atom. The van der Waals surface area contributed by atoms with E-state index in [0.717, 1.165) is 22.0 Å². The van der Waals surface area contributed by atoms with E-state index in [2.05, 4.69) is 15.3 Å². The fourth-order valence-corrected chi connectivity index (χ4v) is 3.78. The minimum atomic E-state index is -0.248. The van der Waals surface area contributed by atoms with Crippen molar-refractivity contribution in [1.82, 2.24) is 14.5 Å².